The smallest absolute Gasteiger partial charge is 0.461 e. The fourth-order valence-electron chi connectivity index (χ4n) is 3.85. The van der Waals surface area contributed by atoms with Gasteiger partial charge < -0.3 is 18.9 Å². The second kappa shape index (κ2) is 14.8. The van der Waals surface area contributed by atoms with Gasteiger partial charge in [0.2, 0.25) is 0 Å². The van der Waals surface area contributed by atoms with Gasteiger partial charge in [-0.3, -0.25) is 19.7 Å². The summed E-state index contributed by atoms with van der Waals surface area (Å²) >= 11 is 0. The Morgan fingerprint density at radius 3 is 2.10 bits per heavy atom. The molecule has 0 N–H and O–H groups in total. The lowest BCUT2D eigenvalue weighted by Crippen LogP contribution is -2.37. The highest BCUT2D eigenvalue weighted by Crippen LogP contribution is 2.29. The van der Waals surface area contributed by atoms with Crippen molar-refractivity contribution >= 4 is 23.8 Å². The van der Waals surface area contributed by atoms with E-state index in [0.717, 1.165) is 5.56 Å². The number of hydrogen-bond acceptors (Lipinski definition) is 9. The topological polar surface area (TPSA) is 131 Å². The molecular formula is C29H37NO9. The number of nitro groups is 1. The summed E-state index contributed by atoms with van der Waals surface area (Å²) in [5.41, 5.74) is -0.0541. The summed E-state index contributed by atoms with van der Waals surface area (Å²) < 4.78 is 21.4. The van der Waals surface area contributed by atoms with Crippen LogP contribution in [0.3, 0.4) is 0 Å². The number of rotatable bonds is 13. The number of nitro benzene ring substituents is 1. The number of carbonyl (C=O) groups is 3. The van der Waals surface area contributed by atoms with Crippen molar-refractivity contribution in [2.45, 2.75) is 66.1 Å². The Balaban J connectivity index is 2.03. The zero-order valence-electron chi connectivity index (χ0n) is 23.1. The van der Waals surface area contributed by atoms with Crippen LogP contribution in [0.25, 0.3) is 0 Å². The Hall–Kier alpha value is -3.95. The van der Waals surface area contributed by atoms with E-state index in [1.54, 1.807) is 20.8 Å². The number of esters is 2. The first kappa shape index (κ1) is 31.3. The maximum absolute atomic E-state index is 13.2. The van der Waals surface area contributed by atoms with Crippen LogP contribution in [-0.2, 0) is 30.4 Å². The SMILES string of the molecule is CC(C)C[C@@H](C(=O)OCc1ccccc1)[C@H](CCCOC(=O)Oc1ccc([N+](=O)[O-])cc1)C(=O)OC(C)(C)C. The first-order valence-electron chi connectivity index (χ1n) is 12.9. The average Bonchev–Trinajstić information content (AvgIpc) is 2.86. The van der Waals surface area contributed by atoms with E-state index >= 15 is 0 Å². The third kappa shape index (κ3) is 11.5. The van der Waals surface area contributed by atoms with E-state index in [2.05, 4.69) is 0 Å². The van der Waals surface area contributed by atoms with Crippen LogP contribution in [0.4, 0.5) is 10.5 Å². The second-order valence-corrected chi connectivity index (χ2v) is 10.6. The van der Waals surface area contributed by atoms with Crippen LogP contribution in [0.1, 0.15) is 59.4 Å². The van der Waals surface area contributed by atoms with E-state index in [1.807, 2.05) is 44.2 Å². The van der Waals surface area contributed by atoms with E-state index in [9.17, 15) is 24.5 Å². The molecule has 0 aliphatic rings. The van der Waals surface area contributed by atoms with Gasteiger partial charge in [-0.2, -0.15) is 0 Å². The summed E-state index contributed by atoms with van der Waals surface area (Å²) in [4.78, 5) is 48.6. The molecule has 212 valence electrons. The molecule has 0 aliphatic carbocycles. The molecule has 0 aromatic heterocycles. The number of nitrogens with zero attached hydrogens (tertiary/aromatic N) is 1. The Morgan fingerprint density at radius 2 is 1.54 bits per heavy atom. The molecule has 0 heterocycles. The second-order valence-electron chi connectivity index (χ2n) is 10.6. The molecule has 0 saturated heterocycles. The maximum atomic E-state index is 13.2. The van der Waals surface area contributed by atoms with Crippen LogP contribution in [-0.4, -0.2) is 35.2 Å². The molecule has 0 unspecified atom stereocenters. The molecule has 0 radical (unpaired) electrons. The zero-order chi connectivity index (χ0) is 29.0. The van der Waals surface area contributed by atoms with Crippen LogP contribution in [0, 0.1) is 27.9 Å². The van der Waals surface area contributed by atoms with Crippen LogP contribution in [0.5, 0.6) is 5.75 Å². The molecule has 0 spiro atoms. The molecule has 0 saturated carbocycles. The molecule has 2 aromatic carbocycles. The van der Waals surface area contributed by atoms with Gasteiger partial charge in [-0.1, -0.05) is 44.2 Å². The highest BCUT2D eigenvalue weighted by Gasteiger charge is 2.37. The summed E-state index contributed by atoms with van der Waals surface area (Å²) in [6.45, 7) is 9.20. The number of carbonyl (C=O) groups excluding carboxylic acids is 3. The predicted octanol–water partition coefficient (Wildman–Crippen LogP) is 6.25. The standard InChI is InChI=1S/C29H37NO9/c1-20(2)18-25(26(31)37-19-21-10-7-6-8-11-21)24(27(32)39-29(3,4)5)12-9-17-36-28(33)38-23-15-13-22(14-16-23)30(34)35/h6-8,10-11,13-16,20,24-25H,9,12,17-19H2,1-5H3/t24-,25+/m0/s1. The predicted molar refractivity (Wildman–Crippen MR) is 143 cm³/mol. The molecule has 2 atom stereocenters. The van der Waals surface area contributed by atoms with Gasteiger partial charge >= 0.3 is 18.1 Å². The molecule has 0 bridgehead atoms. The maximum Gasteiger partial charge on any atom is 0.513 e. The fourth-order valence-corrected chi connectivity index (χ4v) is 3.85. The molecule has 10 heteroatoms. The molecule has 0 fully saturated rings. The molecule has 0 amide bonds. The molecule has 2 rings (SSSR count). The third-order valence-electron chi connectivity index (χ3n) is 5.58. The van der Waals surface area contributed by atoms with Crippen molar-refractivity contribution in [3.05, 3.63) is 70.3 Å². The van der Waals surface area contributed by atoms with Crippen molar-refractivity contribution < 1.29 is 38.3 Å². The van der Waals surface area contributed by atoms with Gasteiger partial charge in [-0.25, -0.2) is 4.79 Å². The van der Waals surface area contributed by atoms with Crippen molar-refractivity contribution in [2.75, 3.05) is 6.61 Å². The fraction of sp³-hybridized carbons (Fsp3) is 0.483. The minimum atomic E-state index is -0.987. The lowest BCUT2D eigenvalue weighted by molar-refractivity contribution is -0.384. The van der Waals surface area contributed by atoms with Crippen LogP contribution in [0.15, 0.2) is 54.6 Å². The van der Waals surface area contributed by atoms with Crippen molar-refractivity contribution in [2.24, 2.45) is 17.8 Å². The van der Waals surface area contributed by atoms with Crippen molar-refractivity contribution in [1.29, 1.82) is 0 Å². The Bertz CT molecular complexity index is 1090. The molecule has 2 aromatic rings. The Morgan fingerprint density at radius 1 is 0.897 bits per heavy atom. The van der Waals surface area contributed by atoms with Gasteiger partial charge in [0.1, 0.15) is 18.0 Å². The van der Waals surface area contributed by atoms with Crippen molar-refractivity contribution in [3.8, 4) is 5.75 Å². The number of ether oxygens (including phenoxy) is 4. The average molecular weight is 544 g/mol. The minimum Gasteiger partial charge on any atom is -0.461 e. The van der Waals surface area contributed by atoms with Gasteiger partial charge in [-0.15, -0.1) is 0 Å². The van der Waals surface area contributed by atoms with E-state index in [-0.39, 0.29) is 43.4 Å². The minimum absolute atomic E-state index is 0.0709. The third-order valence-corrected chi connectivity index (χ3v) is 5.58. The summed E-state index contributed by atoms with van der Waals surface area (Å²) in [5, 5.41) is 10.8. The van der Waals surface area contributed by atoms with E-state index in [4.69, 9.17) is 18.9 Å². The summed E-state index contributed by atoms with van der Waals surface area (Å²) in [5.74, 6) is -2.34. The molecular weight excluding hydrogens is 506 g/mol. The number of hydrogen-bond donors (Lipinski definition) is 0. The molecule has 0 aliphatic heterocycles. The zero-order valence-corrected chi connectivity index (χ0v) is 23.1. The van der Waals surface area contributed by atoms with Crippen LogP contribution >= 0.6 is 0 Å². The normalized spacial score (nSPS) is 12.8. The monoisotopic (exact) mass is 543 g/mol. The van der Waals surface area contributed by atoms with E-state index in [1.165, 1.54) is 24.3 Å². The molecule has 39 heavy (non-hydrogen) atoms. The Labute approximate surface area is 228 Å². The largest absolute Gasteiger partial charge is 0.513 e. The summed E-state index contributed by atoms with van der Waals surface area (Å²) in [6.07, 6.45) is -0.0866. The van der Waals surface area contributed by atoms with E-state index in [0.29, 0.717) is 6.42 Å². The van der Waals surface area contributed by atoms with Gasteiger partial charge in [0.25, 0.3) is 5.69 Å². The van der Waals surface area contributed by atoms with Crippen LogP contribution in [0.2, 0.25) is 0 Å². The van der Waals surface area contributed by atoms with Crippen molar-refractivity contribution in [3.63, 3.8) is 0 Å². The molecule has 10 nitrogen and oxygen atoms in total. The van der Waals surface area contributed by atoms with Gasteiger partial charge in [0.15, 0.2) is 0 Å². The van der Waals surface area contributed by atoms with Gasteiger partial charge in [-0.05, 0) is 63.6 Å². The Kier molecular flexibility index (Phi) is 11.9. The van der Waals surface area contributed by atoms with Gasteiger partial charge in [0.05, 0.1) is 23.4 Å². The highest BCUT2D eigenvalue weighted by molar-refractivity contribution is 5.82. The van der Waals surface area contributed by atoms with E-state index < -0.39 is 40.5 Å². The lowest BCUT2D eigenvalue weighted by atomic mass is 9.82. The first-order valence-corrected chi connectivity index (χ1v) is 12.9. The first-order chi connectivity index (χ1) is 18.4. The summed E-state index contributed by atoms with van der Waals surface area (Å²) in [6, 6.07) is 14.3. The number of benzene rings is 2. The highest BCUT2D eigenvalue weighted by atomic mass is 16.7. The van der Waals surface area contributed by atoms with Gasteiger partial charge in [0, 0.05) is 12.1 Å². The quantitative estimate of drug-likeness (QED) is 0.0717. The van der Waals surface area contributed by atoms with Crippen LogP contribution < -0.4 is 4.74 Å². The lowest BCUT2D eigenvalue weighted by Gasteiger charge is -2.29. The number of non-ortho nitro benzene ring substituents is 1. The summed E-state index contributed by atoms with van der Waals surface area (Å²) in [7, 11) is 0. The van der Waals surface area contributed by atoms with Crippen molar-refractivity contribution in [1.82, 2.24) is 0 Å².